The molecule has 0 saturated carbocycles. The van der Waals surface area contributed by atoms with E-state index in [1.54, 1.807) is 0 Å². The van der Waals surface area contributed by atoms with Crippen molar-refractivity contribution >= 4 is 16.9 Å². The van der Waals surface area contributed by atoms with E-state index in [9.17, 15) is 9.90 Å². The molecule has 0 aliphatic heterocycles. The van der Waals surface area contributed by atoms with Crippen LogP contribution in [0.25, 0.3) is 22.2 Å². The van der Waals surface area contributed by atoms with Crippen LogP contribution in [0.2, 0.25) is 0 Å². The molecule has 0 amide bonds. The standard InChI is InChI=1S/C19H19NO2/c1-11-4-7-14(8-5-11)19-16(10-17(21)22)15-9-6-12(2)13(3)18(15)20-19/h4-9,20H,10H2,1-3H3,(H,21,22). The molecule has 1 aromatic heterocycles. The van der Waals surface area contributed by atoms with Crippen LogP contribution in [-0.2, 0) is 11.2 Å². The van der Waals surface area contributed by atoms with E-state index in [1.807, 2.05) is 37.3 Å². The van der Waals surface area contributed by atoms with Crippen LogP contribution in [0.1, 0.15) is 22.3 Å². The van der Waals surface area contributed by atoms with Crippen LogP contribution >= 0.6 is 0 Å². The number of carbonyl (C=O) groups is 1. The Bertz CT molecular complexity index is 857. The third-order valence-corrected chi connectivity index (χ3v) is 4.28. The Morgan fingerprint density at radius 2 is 1.73 bits per heavy atom. The molecule has 0 aliphatic carbocycles. The first-order valence-corrected chi connectivity index (χ1v) is 7.37. The molecular formula is C19H19NO2. The molecule has 0 aliphatic rings. The van der Waals surface area contributed by atoms with Crippen molar-refractivity contribution < 1.29 is 9.90 Å². The Balaban J connectivity index is 2.30. The van der Waals surface area contributed by atoms with Crippen LogP contribution in [0, 0.1) is 20.8 Å². The van der Waals surface area contributed by atoms with Gasteiger partial charge in [-0.25, -0.2) is 0 Å². The van der Waals surface area contributed by atoms with Gasteiger partial charge in [0.15, 0.2) is 0 Å². The first kappa shape index (κ1) is 14.4. The summed E-state index contributed by atoms with van der Waals surface area (Å²) < 4.78 is 0. The number of hydrogen-bond acceptors (Lipinski definition) is 1. The SMILES string of the molecule is Cc1ccc(-c2[nH]c3c(C)c(C)ccc3c2CC(=O)O)cc1. The number of benzene rings is 2. The van der Waals surface area contributed by atoms with E-state index in [2.05, 4.69) is 24.9 Å². The zero-order valence-electron chi connectivity index (χ0n) is 13.0. The maximum Gasteiger partial charge on any atom is 0.307 e. The van der Waals surface area contributed by atoms with Gasteiger partial charge in [0.2, 0.25) is 0 Å². The zero-order valence-corrected chi connectivity index (χ0v) is 13.0. The third kappa shape index (κ3) is 2.39. The Morgan fingerprint density at radius 1 is 1.05 bits per heavy atom. The van der Waals surface area contributed by atoms with Gasteiger partial charge in [0.05, 0.1) is 12.1 Å². The summed E-state index contributed by atoms with van der Waals surface area (Å²) in [5, 5.41) is 10.3. The lowest BCUT2D eigenvalue weighted by Gasteiger charge is -2.04. The number of aliphatic carboxylic acids is 1. The number of aromatic amines is 1. The summed E-state index contributed by atoms with van der Waals surface area (Å²) in [6.45, 7) is 6.18. The van der Waals surface area contributed by atoms with Crippen molar-refractivity contribution in [2.75, 3.05) is 0 Å². The van der Waals surface area contributed by atoms with Crippen LogP contribution < -0.4 is 0 Å². The molecule has 2 N–H and O–H groups in total. The smallest absolute Gasteiger partial charge is 0.307 e. The fraction of sp³-hybridized carbons (Fsp3) is 0.211. The Morgan fingerprint density at radius 3 is 2.36 bits per heavy atom. The van der Waals surface area contributed by atoms with Gasteiger partial charge in [0.25, 0.3) is 0 Å². The van der Waals surface area contributed by atoms with Gasteiger partial charge in [-0.1, -0.05) is 42.0 Å². The van der Waals surface area contributed by atoms with Gasteiger partial charge in [-0.3, -0.25) is 4.79 Å². The molecule has 0 fully saturated rings. The summed E-state index contributed by atoms with van der Waals surface area (Å²) in [5.41, 5.74) is 7.38. The summed E-state index contributed by atoms with van der Waals surface area (Å²) in [6, 6.07) is 12.2. The van der Waals surface area contributed by atoms with Crippen molar-refractivity contribution in [1.29, 1.82) is 0 Å². The molecule has 3 rings (SSSR count). The molecule has 3 aromatic rings. The summed E-state index contributed by atoms with van der Waals surface area (Å²) in [4.78, 5) is 14.7. The second kappa shape index (κ2) is 5.34. The Kier molecular flexibility index (Phi) is 3.49. The highest BCUT2D eigenvalue weighted by molar-refractivity contribution is 5.95. The molecule has 2 aromatic carbocycles. The Labute approximate surface area is 129 Å². The minimum absolute atomic E-state index is 0.0196. The molecule has 0 spiro atoms. The average Bonchev–Trinajstić information content (AvgIpc) is 2.83. The molecule has 22 heavy (non-hydrogen) atoms. The van der Waals surface area contributed by atoms with Crippen LogP contribution in [0.5, 0.6) is 0 Å². The second-order valence-electron chi connectivity index (χ2n) is 5.85. The van der Waals surface area contributed by atoms with Gasteiger partial charge in [-0.2, -0.15) is 0 Å². The van der Waals surface area contributed by atoms with E-state index in [0.717, 1.165) is 27.7 Å². The molecule has 3 nitrogen and oxygen atoms in total. The Hall–Kier alpha value is -2.55. The van der Waals surface area contributed by atoms with Crippen molar-refractivity contribution in [1.82, 2.24) is 4.98 Å². The molecule has 0 saturated heterocycles. The number of H-pyrrole nitrogens is 1. The molecule has 112 valence electrons. The monoisotopic (exact) mass is 293 g/mol. The van der Waals surface area contributed by atoms with Gasteiger partial charge in [0.1, 0.15) is 0 Å². The maximum atomic E-state index is 11.3. The van der Waals surface area contributed by atoms with E-state index in [4.69, 9.17) is 0 Å². The predicted octanol–water partition coefficient (Wildman–Crippen LogP) is 4.39. The number of rotatable bonds is 3. The quantitative estimate of drug-likeness (QED) is 0.752. The lowest BCUT2D eigenvalue weighted by atomic mass is 10.00. The number of carboxylic acid groups (broad SMARTS) is 1. The highest BCUT2D eigenvalue weighted by atomic mass is 16.4. The lowest BCUT2D eigenvalue weighted by molar-refractivity contribution is -0.136. The topological polar surface area (TPSA) is 53.1 Å². The molecule has 0 unspecified atom stereocenters. The molecule has 0 radical (unpaired) electrons. The summed E-state index contributed by atoms with van der Waals surface area (Å²) in [5.74, 6) is -0.813. The van der Waals surface area contributed by atoms with Crippen LogP contribution in [0.15, 0.2) is 36.4 Å². The summed E-state index contributed by atoms with van der Waals surface area (Å²) in [7, 11) is 0. The first-order chi connectivity index (χ1) is 10.5. The van der Waals surface area contributed by atoms with Gasteiger partial charge in [-0.15, -0.1) is 0 Å². The highest BCUT2D eigenvalue weighted by Gasteiger charge is 2.17. The van der Waals surface area contributed by atoms with Crippen molar-refractivity contribution in [2.24, 2.45) is 0 Å². The van der Waals surface area contributed by atoms with Gasteiger partial charge >= 0.3 is 5.97 Å². The number of carboxylic acids is 1. The van der Waals surface area contributed by atoms with E-state index in [1.165, 1.54) is 16.7 Å². The van der Waals surface area contributed by atoms with Gasteiger partial charge in [0, 0.05) is 10.9 Å². The largest absolute Gasteiger partial charge is 0.481 e. The van der Waals surface area contributed by atoms with Crippen LogP contribution in [-0.4, -0.2) is 16.1 Å². The maximum absolute atomic E-state index is 11.3. The van der Waals surface area contributed by atoms with E-state index in [-0.39, 0.29) is 6.42 Å². The third-order valence-electron chi connectivity index (χ3n) is 4.28. The first-order valence-electron chi connectivity index (χ1n) is 7.37. The number of fused-ring (bicyclic) bond motifs is 1. The van der Waals surface area contributed by atoms with Crippen molar-refractivity contribution in [3.05, 3.63) is 58.7 Å². The fourth-order valence-electron chi connectivity index (χ4n) is 2.86. The number of aryl methyl sites for hydroxylation is 3. The number of aromatic nitrogens is 1. The molecule has 0 atom stereocenters. The van der Waals surface area contributed by atoms with Crippen molar-refractivity contribution in [2.45, 2.75) is 27.2 Å². The molecule has 0 bridgehead atoms. The minimum Gasteiger partial charge on any atom is -0.481 e. The number of hydrogen-bond donors (Lipinski definition) is 2. The average molecular weight is 293 g/mol. The minimum atomic E-state index is -0.813. The van der Waals surface area contributed by atoms with Crippen molar-refractivity contribution in [3.63, 3.8) is 0 Å². The van der Waals surface area contributed by atoms with Crippen molar-refractivity contribution in [3.8, 4) is 11.3 Å². The van der Waals surface area contributed by atoms with Gasteiger partial charge in [-0.05, 0) is 43.0 Å². The van der Waals surface area contributed by atoms with E-state index >= 15 is 0 Å². The summed E-state index contributed by atoms with van der Waals surface area (Å²) in [6.07, 6.45) is 0.0196. The second-order valence-corrected chi connectivity index (χ2v) is 5.85. The van der Waals surface area contributed by atoms with E-state index < -0.39 is 5.97 Å². The molecule has 1 heterocycles. The normalized spacial score (nSPS) is 11.0. The van der Waals surface area contributed by atoms with Gasteiger partial charge < -0.3 is 10.1 Å². The van der Waals surface area contributed by atoms with Crippen LogP contribution in [0.4, 0.5) is 0 Å². The number of nitrogens with one attached hydrogen (secondary N) is 1. The van der Waals surface area contributed by atoms with E-state index in [0.29, 0.717) is 0 Å². The predicted molar refractivity (Wildman–Crippen MR) is 89.3 cm³/mol. The highest BCUT2D eigenvalue weighted by Crippen LogP contribution is 2.33. The lowest BCUT2D eigenvalue weighted by Crippen LogP contribution is -2.01. The fourth-order valence-corrected chi connectivity index (χ4v) is 2.86. The summed E-state index contributed by atoms with van der Waals surface area (Å²) >= 11 is 0. The van der Waals surface area contributed by atoms with Crippen LogP contribution in [0.3, 0.4) is 0 Å². The molecule has 3 heteroatoms. The molecular weight excluding hydrogens is 274 g/mol. The zero-order chi connectivity index (χ0) is 15.9.